The van der Waals surface area contributed by atoms with Gasteiger partial charge in [-0.05, 0) is 30.5 Å². The van der Waals surface area contributed by atoms with Crippen LogP contribution in [0.25, 0.3) is 10.2 Å². The van der Waals surface area contributed by atoms with E-state index in [4.69, 9.17) is 0 Å². The number of nitrogens with one attached hydrogen (secondary N) is 1. The lowest BCUT2D eigenvalue weighted by molar-refractivity contribution is 1.09. The molecule has 0 amide bonds. The minimum Gasteiger partial charge on any atom is -0.252 e. The topological polar surface area (TPSA) is 37.3 Å². The van der Waals surface area contributed by atoms with Gasteiger partial charge in [0.2, 0.25) is 5.13 Å². The van der Waals surface area contributed by atoms with Crippen LogP contribution >= 0.6 is 11.3 Å². The summed E-state index contributed by atoms with van der Waals surface area (Å²) in [6, 6.07) is 16.6. The van der Waals surface area contributed by atoms with Gasteiger partial charge in [0.15, 0.2) is 0 Å². The molecule has 3 aromatic rings. The van der Waals surface area contributed by atoms with Crippen LogP contribution in [0.1, 0.15) is 17.5 Å². The van der Waals surface area contributed by atoms with Gasteiger partial charge in [-0.15, -0.1) is 0 Å². The van der Waals surface area contributed by atoms with Gasteiger partial charge in [-0.25, -0.2) is 4.98 Å². The van der Waals surface area contributed by atoms with E-state index in [0.717, 1.165) is 29.2 Å². The molecule has 1 aliphatic carbocycles. The van der Waals surface area contributed by atoms with E-state index in [-0.39, 0.29) is 0 Å². The average Bonchev–Trinajstić information content (AvgIpc) is 3.08. The highest BCUT2D eigenvalue weighted by molar-refractivity contribution is 7.22. The van der Waals surface area contributed by atoms with Crippen molar-refractivity contribution in [3.05, 3.63) is 59.7 Å². The first-order valence-electron chi connectivity index (χ1n) is 6.66. The lowest BCUT2D eigenvalue weighted by Crippen LogP contribution is -1.99. The fraction of sp³-hybridized carbons (Fsp3) is 0.125. The van der Waals surface area contributed by atoms with Crippen molar-refractivity contribution in [3.63, 3.8) is 0 Å². The molecule has 4 heteroatoms. The zero-order valence-corrected chi connectivity index (χ0v) is 11.7. The van der Waals surface area contributed by atoms with Crippen LogP contribution in [0.3, 0.4) is 0 Å². The number of hydrogen-bond acceptors (Lipinski definition) is 4. The fourth-order valence-corrected chi connectivity index (χ4v) is 3.37. The second-order valence-electron chi connectivity index (χ2n) is 4.81. The van der Waals surface area contributed by atoms with Crippen molar-refractivity contribution in [1.29, 1.82) is 0 Å². The Hall–Kier alpha value is -2.20. The van der Waals surface area contributed by atoms with E-state index in [0.29, 0.717) is 0 Å². The molecule has 4 rings (SSSR count). The van der Waals surface area contributed by atoms with Crippen molar-refractivity contribution >= 4 is 32.4 Å². The lowest BCUT2D eigenvalue weighted by atomic mass is 10.1. The number of hydrazone groups is 1. The quantitative estimate of drug-likeness (QED) is 0.718. The maximum Gasteiger partial charge on any atom is 0.204 e. The summed E-state index contributed by atoms with van der Waals surface area (Å²) < 4.78 is 1.18. The summed E-state index contributed by atoms with van der Waals surface area (Å²) in [5, 5.41) is 5.39. The summed E-state index contributed by atoms with van der Waals surface area (Å²) in [6.45, 7) is 0. The Labute approximate surface area is 121 Å². The van der Waals surface area contributed by atoms with E-state index >= 15 is 0 Å². The number of hydrogen-bond donors (Lipinski definition) is 1. The molecule has 0 fully saturated rings. The van der Waals surface area contributed by atoms with Crippen LogP contribution in [0.5, 0.6) is 0 Å². The van der Waals surface area contributed by atoms with Crippen molar-refractivity contribution < 1.29 is 0 Å². The van der Waals surface area contributed by atoms with Gasteiger partial charge in [0.1, 0.15) is 0 Å². The molecule has 0 bridgehead atoms. The molecule has 98 valence electrons. The molecule has 0 spiro atoms. The minimum absolute atomic E-state index is 0.850. The lowest BCUT2D eigenvalue weighted by Gasteiger charge is -1.99. The molecule has 1 aliphatic rings. The SMILES string of the molecule is c1ccc2c(c1)CCC2=NNc1nc2ccccc2s1. The summed E-state index contributed by atoms with van der Waals surface area (Å²) in [4.78, 5) is 4.53. The summed E-state index contributed by atoms with van der Waals surface area (Å²) in [5.41, 5.74) is 7.91. The maximum atomic E-state index is 4.54. The molecule has 1 heterocycles. The highest BCUT2D eigenvalue weighted by Gasteiger charge is 2.16. The van der Waals surface area contributed by atoms with Gasteiger partial charge in [0, 0.05) is 5.56 Å². The molecule has 0 saturated heterocycles. The number of aromatic nitrogens is 1. The van der Waals surface area contributed by atoms with Crippen molar-refractivity contribution in [2.75, 3.05) is 5.43 Å². The molecule has 0 radical (unpaired) electrons. The number of para-hydroxylation sites is 1. The smallest absolute Gasteiger partial charge is 0.204 e. The van der Waals surface area contributed by atoms with Gasteiger partial charge in [-0.3, -0.25) is 5.43 Å². The van der Waals surface area contributed by atoms with E-state index in [1.165, 1.54) is 15.8 Å². The van der Waals surface area contributed by atoms with Gasteiger partial charge in [0.25, 0.3) is 0 Å². The van der Waals surface area contributed by atoms with Gasteiger partial charge >= 0.3 is 0 Å². The van der Waals surface area contributed by atoms with Crippen LogP contribution in [0.4, 0.5) is 5.13 Å². The molecule has 0 unspecified atom stereocenters. The Morgan fingerprint density at radius 1 is 1.00 bits per heavy atom. The number of rotatable bonds is 2. The molecule has 3 nitrogen and oxygen atoms in total. The number of nitrogens with zero attached hydrogens (tertiary/aromatic N) is 2. The van der Waals surface area contributed by atoms with Gasteiger partial charge in [-0.1, -0.05) is 47.7 Å². The molecule has 1 N–H and O–H groups in total. The fourth-order valence-electron chi connectivity index (χ4n) is 2.56. The Balaban J connectivity index is 1.63. The Morgan fingerprint density at radius 2 is 1.85 bits per heavy atom. The van der Waals surface area contributed by atoms with E-state index < -0.39 is 0 Å². The van der Waals surface area contributed by atoms with Crippen LogP contribution in [0.15, 0.2) is 53.6 Å². The molecular weight excluding hydrogens is 266 g/mol. The summed E-state index contributed by atoms with van der Waals surface area (Å²) in [5.74, 6) is 0. The highest BCUT2D eigenvalue weighted by atomic mass is 32.1. The second kappa shape index (κ2) is 4.72. The number of thiazole rings is 1. The first kappa shape index (κ1) is 11.6. The molecule has 0 aliphatic heterocycles. The average molecular weight is 279 g/mol. The van der Waals surface area contributed by atoms with E-state index in [1.54, 1.807) is 11.3 Å². The van der Waals surface area contributed by atoms with Gasteiger partial charge in [0.05, 0.1) is 15.9 Å². The molecular formula is C16H13N3S. The van der Waals surface area contributed by atoms with Crippen LogP contribution in [-0.4, -0.2) is 10.7 Å². The summed E-state index contributed by atoms with van der Waals surface area (Å²) >= 11 is 1.63. The normalized spacial score (nSPS) is 15.7. The molecule has 2 aromatic carbocycles. The number of anilines is 1. The van der Waals surface area contributed by atoms with Crippen molar-refractivity contribution in [2.24, 2.45) is 5.10 Å². The number of fused-ring (bicyclic) bond motifs is 2. The third-order valence-electron chi connectivity index (χ3n) is 3.54. The van der Waals surface area contributed by atoms with Crippen LogP contribution < -0.4 is 5.43 Å². The number of benzene rings is 2. The monoisotopic (exact) mass is 279 g/mol. The highest BCUT2D eigenvalue weighted by Crippen LogP contribution is 2.26. The van der Waals surface area contributed by atoms with Crippen LogP contribution in [0, 0.1) is 0 Å². The third kappa shape index (κ3) is 1.98. The predicted octanol–water partition coefficient (Wildman–Crippen LogP) is 4.06. The van der Waals surface area contributed by atoms with Crippen LogP contribution in [-0.2, 0) is 6.42 Å². The maximum absolute atomic E-state index is 4.54. The second-order valence-corrected chi connectivity index (χ2v) is 5.84. The van der Waals surface area contributed by atoms with Crippen LogP contribution in [0.2, 0.25) is 0 Å². The largest absolute Gasteiger partial charge is 0.252 e. The van der Waals surface area contributed by atoms with Gasteiger partial charge < -0.3 is 0 Å². The van der Waals surface area contributed by atoms with E-state index in [9.17, 15) is 0 Å². The van der Waals surface area contributed by atoms with Crippen molar-refractivity contribution in [3.8, 4) is 0 Å². The van der Waals surface area contributed by atoms with Gasteiger partial charge in [-0.2, -0.15) is 5.10 Å². The molecule has 1 aromatic heterocycles. The molecule has 20 heavy (non-hydrogen) atoms. The van der Waals surface area contributed by atoms with Crippen molar-refractivity contribution in [1.82, 2.24) is 4.98 Å². The third-order valence-corrected chi connectivity index (χ3v) is 4.48. The first-order valence-corrected chi connectivity index (χ1v) is 7.48. The minimum atomic E-state index is 0.850. The number of aryl methyl sites for hydroxylation is 1. The first-order chi connectivity index (χ1) is 9.90. The van der Waals surface area contributed by atoms with E-state index in [2.05, 4.69) is 45.8 Å². The van der Waals surface area contributed by atoms with Crippen molar-refractivity contribution in [2.45, 2.75) is 12.8 Å². The predicted molar refractivity (Wildman–Crippen MR) is 84.5 cm³/mol. The molecule has 0 saturated carbocycles. The summed E-state index contributed by atoms with van der Waals surface area (Å²) in [7, 11) is 0. The Morgan fingerprint density at radius 3 is 2.80 bits per heavy atom. The molecule has 0 atom stereocenters. The standard InChI is InChI=1S/C16H13N3S/c1-2-6-12-11(5-1)9-10-13(12)18-19-16-17-14-7-3-4-8-15(14)20-16/h1-8H,9-10H2,(H,17,19). The Kier molecular flexibility index (Phi) is 2.74. The Bertz CT molecular complexity index is 771. The summed E-state index contributed by atoms with van der Waals surface area (Å²) in [6.07, 6.45) is 2.08. The van der Waals surface area contributed by atoms with E-state index in [1.807, 2.05) is 18.2 Å². The zero-order chi connectivity index (χ0) is 13.4. The zero-order valence-electron chi connectivity index (χ0n) is 10.8.